The van der Waals surface area contributed by atoms with Gasteiger partial charge in [-0.05, 0) is 18.1 Å². The monoisotopic (exact) mass is 260 g/mol. The first kappa shape index (κ1) is 12.8. The Balaban J connectivity index is 2.01. The number of carbonyl (C=O) groups is 2. The number of carbonyl (C=O) groups excluding carboxylic acids is 1. The quantitative estimate of drug-likeness (QED) is 0.871. The van der Waals surface area contributed by atoms with Crippen LogP contribution < -0.4 is 5.32 Å². The zero-order chi connectivity index (χ0) is 13.8. The Kier molecular flexibility index (Phi) is 3.61. The summed E-state index contributed by atoms with van der Waals surface area (Å²) < 4.78 is 4.51. The molecular weight excluding hydrogens is 248 g/mol. The fourth-order valence-corrected chi connectivity index (χ4v) is 1.56. The molecule has 0 saturated carbocycles. The van der Waals surface area contributed by atoms with Crippen molar-refractivity contribution in [2.24, 2.45) is 0 Å². The van der Waals surface area contributed by atoms with Gasteiger partial charge >= 0.3 is 5.97 Å². The van der Waals surface area contributed by atoms with Gasteiger partial charge in [0.1, 0.15) is 0 Å². The summed E-state index contributed by atoms with van der Waals surface area (Å²) in [6, 6.07) is 8.74. The third kappa shape index (κ3) is 2.98. The number of aromatic nitrogens is 1. The van der Waals surface area contributed by atoms with E-state index in [2.05, 4.69) is 15.0 Å². The number of aryl methyl sites for hydroxylation is 1. The summed E-state index contributed by atoms with van der Waals surface area (Å²) in [6.07, 6.45) is 0. The molecule has 0 saturated heterocycles. The fourth-order valence-electron chi connectivity index (χ4n) is 1.56. The van der Waals surface area contributed by atoms with E-state index in [1.807, 2.05) is 31.2 Å². The summed E-state index contributed by atoms with van der Waals surface area (Å²) in [6.45, 7) is 2.29. The highest BCUT2D eigenvalue weighted by Gasteiger charge is 2.16. The molecule has 1 heterocycles. The molecule has 0 spiro atoms. The predicted octanol–water partition coefficient (Wildman–Crippen LogP) is 1.61. The minimum absolute atomic E-state index is 0.0500. The van der Waals surface area contributed by atoms with Crippen LogP contribution in [0.15, 0.2) is 34.9 Å². The van der Waals surface area contributed by atoms with Crippen LogP contribution in [0.4, 0.5) is 0 Å². The Morgan fingerprint density at radius 1 is 1.37 bits per heavy atom. The first-order valence-electron chi connectivity index (χ1n) is 5.60. The molecule has 0 bridgehead atoms. The van der Waals surface area contributed by atoms with E-state index in [1.54, 1.807) is 0 Å². The molecule has 19 heavy (non-hydrogen) atoms. The third-order valence-electron chi connectivity index (χ3n) is 2.65. The highest BCUT2D eigenvalue weighted by Crippen LogP contribution is 2.07. The Morgan fingerprint density at radius 2 is 2.11 bits per heavy atom. The third-order valence-corrected chi connectivity index (χ3v) is 2.65. The van der Waals surface area contributed by atoms with Crippen LogP contribution in [-0.4, -0.2) is 22.1 Å². The van der Waals surface area contributed by atoms with E-state index in [0.717, 1.165) is 17.2 Å². The number of benzene rings is 1. The van der Waals surface area contributed by atoms with Crippen LogP contribution in [0.5, 0.6) is 0 Å². The van der Waals surface area contributed by atoms with E-state index in [4.69, 9.17) is 5.11 Å². The molecule has 1 aromatic carbocycles. The summed E-state index contributed by atoms with van der Waals surface area (Å²) in [5.41, 5.74) is 2.00. The molecule has 2 N–H and O–H groups in total. The Hall–Kier alpha value is -2.63. The molecule has 0 radical (unpaired) electrons. The lowest BCUT2D eigenvalue weighted by atomic mass is 10.1. The zero-order valence-electron chi connectivity index (χ0n) is 10.2. The van der Waals surface area contributed by atoms with Gasteiger partial charge in [-0.25, -0.2) is 4.79 Å². The molecule has 0 aliphatic carbocycles. The van der Waals surface area contributed by atoms with Crippen LogP contribution in [0.3, 0.4) is 0 Å². The van der Waals surface area contributed by atoms with Crippen LogP contribution in [0.1, 0.15) is 32.2 Å². The largest absolute Gasteiger partial charge is 0.475 e. The van der Waals surface area contributed by atoms with E-state index in [-0.39, 0.29) is 11.5 Å². The predicted molar refractivity (Wildman–Crippen MR) is 65.8 cm³/mol. The van der Waals surface area contributed by atoms with Gasteiger partial charge in [-0.15, -0.1) is 0 Å². The number of amides is 1. The lowest BCUT2D eigenvalue weighted by molar-refractivity contribution is 0.0651. The number of rotatable bonds is 4. The molecule has 1 aromatic heterocycles. The standard InChI is InChI=1S/C13H12N2O4/c1-8-4-2-3-5-9(8)7-14-12(16)10-6-11(13(17)18)19-15-10/h2-6H,7H2,1H3,(H,14,16)(H,17,18). The lowest BCUT2D eigenvalue weighted by Gasteiger charge is -2.05. The summed E-state index contributed by atoms with van der Waals surface area (Å²) in [7, 11) is 0. The number of hydrogen-bond donors (Lipinski definition) is 2. The SMILES string of the molecule is Cc1ccccc1CNC(=O)c1cc(C(=O)O)on1. The van der Waals surface area contributed by atoms with Crippen molar-refractivity contribution >= 4 is 11.9 Å². The molecule has 0 unspecified atom stereocenters. The number of aromatic carboxylic acids is 1. The molecule has 0 aliphatic heterocycles. The average Bonchev–Trinajstić information content (AvgIpc) is 2.87. The van der Waals surface area contributed by atoms with Crippen molar-refractivity contribution in [2.75, 3.05) is 0 Å². The van der Waals surface area contributed by atoms with Crippen molar-refractivity contribution in [3.63, 3.8) is 0 Å². The highest BCUT2D eigenvalue weighted by atomic mass is 16.5. The van der Waals surface area contributed by atoms with Crippen molar-refractivity contribution in [3.8, 4) is 0 Å². The van der Waals surface area contributed by atoms with Gasteiger partial charge in [-0.3, -0.25) is 4.79 Å². The van der Waals surface area contributed by atoms with Crippen LogP contribution in [0, 0.1) is 6.92 Å². The van der Waals surface area contributed by atoms with Gasteiger partial charge in [0.25, 0.3) is 5.91 Å². The second kappa shape index (κ2) is 5.34. The topological polar surface area (TPSA) is 92.4 Å². The van der Waals surface area contributed by atoms with Gasteiger partial charge in [0.2, 0.25) is 5.76 Å². The van der Waals surface area contributed by atoms with E-state index in [9.17, 15) is 9.59 Å². The zero-order valence-corrected chi connectivity index (χ0v) is 10.2. The first-order chi connectivity index (χ1) is 9.08. The fraction of sp³-hybridized carbons (Fsp3) is 0.154. The molecule has 1 amide bonds. The summed E-state index contributed by atoms with van der Waals surface area (Å²) in [4.78, 5) is 22.3. The van der Waals surface area contributed by atoms with E-state index < -0.39 is 11.9 Å². The maximum Gasteiger partial charge on any atom is 0.374 e. The summed E-state index contributed by atoms with van der Waals surface area (Å²) in [5.74, 6) is -2.09. The Bertz CT molecular complexity index is 619. The maximum atomic E-state index is 11.7. The van der Waals surface area contributed by atoms with Gasteiger partial charge in [-0.2, -0.15) is 0 Å². The normalized spacial score (nSPS) is 10.2. The Morgan fingerprint density at radius 3 is 2.74 bits per heavy atom. The van der Waals surface area contributed by atoms with E-state index in [1.165, 1.54) is 0 Å². The molecule has 0 atom stereocenters. The van der Waals surface area contributed by atoms with Gasteiger partial charge in [0.15, 0.2) is 5.69 Å². The molecule has 0 fully saturated rings. The minimum atomic E-state index is -1.26. The number of nitrogens with one attached hydrogen (secondary N) is 1. The molecule has 2 aromatic rings. The summed E-state index contributed by atoms with van der Waals surface area (Å²) in [5, 5.41) is 14.7. The molecule has 98 valence electrons. The first-order valence-corrected chi connectivity index (χ1v) is 5.60. The van der Waals surface area contributed by atoms with Gasteiger partial charge in [0, 0.05) is 12.6 Å². The molecular formula is C13H12N2O4. The maximum absolute atomic E-state index is 11.7. The number of carboxylic acids is 1. The lowest BCUT2D eigenvalue weighted by Crippen LogP contribution is -2.23. The van der Waals surface area contributed by atoms with Gasteiger partial charge in [-0.1, -0.05) is 29.4 Å². The average molecular weight is 260 g/mol. The van der Waals surface area contributed by atoms with Crippen LogP contribution in [0.2, 0.25) is 0 Å². The molecule has 2 rings (SSSR count). The van der Waals surface area contributed by atoms with E-state index >= 15 is 0 Å². The van der Waals surface area contributed by atoms with Crippen molar-refractivity contribution in [3.05, 3.63) is 52.9 Å². The minimum Gasteiger partial charge on any atom is -0.475 e. The molecule has 6 nitrogen and oxygen atoms in total. The van der Waals surface area contributed by atoms with E-state index in [0.29, 0.717) is 6.54 Å². The summed E-state index contributed by atoms with van der Waals surface area (Å²) >= 11 is 0. The molecule has 0 aliphatic rings. The molecule has 6 heteroatoms. The van der Waals surface area contributed by atoms with Crippen molar-refractivity contribution in [2.45, 2.75) is 13.5 Å². The Labute approximate surface area is 109 Å². The van der Waals surface area contributed by atoms with Crippen molar-refractivity contribution in [1.29, 1.82) is 0 Å². The van der Waals surface area contributed by atoms with Crippen LogP contribution in [0.25, 0.3) is 0 Å². The number of carboxylic acid groups (broad SMARTS) is 1. The van der Waals surface area contributed by atoms with Crippen LogP contribution >= 0.6 is 0 Å². The second-order valence-corrected chi connectivity index (χ2v) is 3.99. The smallest absolute Gasteiger partial charge is 0.374 e. The van der Waals surface area contributed by atoms with Crippen LogP contribution in [-0.2, 0) is 6.54 Å². The van der Waals surface area contributed by atoms with Crippen molar-refractivity contribution in [1.82, 2.24) is 10.5 Å². The van der Waals surface area contributed by atoms with Crippen molar-refractivity contribution < 1.29 is 19.2 Å². The van der Waals surface area contributed by atoms with Gasteiger partial charge < -0.3 is 14.9 Å². The number of hydrogen-bond acceptors (Lipinski definition) is 4. The van der Waals surface area contributed by atoms with Gasteiger partial charge in [0.05, 0.1) is 0 Å². The number of nitrogens with zero attached hydrogens (tertiary/aromatic N) is 1. The second-order valence-electron chi connectivity index (χ2n) is 3.99. The highest BCUT2D eigenvalue weighted by molar-refractivity contribution is 5.94.